The average molecular weight is 263 g/mol. The van der Waals surface area contributed by atoms with E-state index < -0.39 is 24.1 Å². The molecule has 4 atom stereocenters. The van der Waals surface area contributed by atoms with Gasteiger partial charge in [0.2, 0.25) is 0 Å². The molecule has 0 aromatic rings. The summed E-state index contributed by atoms with van der Waals surface area (Å²) in [5.74, 6) is -3.21. The van der Waals surface area contributed by atoms with Gasteiger partial charge in [-0.3, -0.25) is 0 Å². The van der Waals surface area contributed by atoms with Gasteiger partial charge in [-0.15, -0.1) is 0 Å². The van der Waals surface area contributed by atoms with Gasteiger partial charge in [-0.2, -0.15) is 0 Å². The number of carboxylic acids is 2. The number of nitrogens with two attached hydrogens (primary N) is 1. The van der Waals surface area contributed by atoms with Gasteiger partial charge in [-0.25, -0.2) is 9.59 Å². The van der Waals surface area contributed by atoms with E-state index >= 15 is 0 Å². The smallest absolute Gasteiger partial charge is 0.335 e. The number of carboxylic acid groups (broad SMARTS) is 2. The lowest BCUT2D eigenvalue weighted by molar-refractivity contribution is -0.165. The molecule has 0 bridgehead atoms. The maximum absolute atomic E-state index is 9.77. The van der Waals surface area contributed by atoms with E-state index in [0.29, 0.717) is 5.92 Å². The van der Waals surface area contributed by atoms with Gasteiger partial charge in [0.25, 0.3) is 0 Å². The molecule has 0 amide bonds. The molecule has 0 saturated heterocycles. The predicted octanol–water partition coefficient (Wildman–Crippen LogP) is -2.24. The van der Waals surface area contributed by atoms with Gasteiger partial charge in [0.1, 0.15) is 0 Å². The Morgan fingerprint density at radius 2 is 1.61 bits per heavy atom. The number of carbonyl (C=O) groups is 2. The highest BCUT2D eigenvalue weighted by atomic mass is 16.4. The average Bonchev–Trinajstić information content (AvgIpc) is 2.73. The second-order valence-electron chi connectivity index (χ2n) is 3.79. The van der Waals surface area contributed by atoms with Crippen molar-refractivity contribution >= 4 is 11.9 Å². The molecule has 1 aliphatic carbocycles. The molecule has 0 aromatic carbocycles. The minimum atomic E-state index is -2.27. The van der Waals surface area contributed by atoms with Crippen molar-refractivity contribution in [3.8, 4) is 0 Å². The Bertz CT molecular complexity index is 299. The molecular formula is C10H17NO7. The van der Waals surface area contributed by atoms with E-state index in [9.17, 15) is 9.59 Å². The molecule has 8 heteroatoms. The second kappa shape index (κ2) is 7.77. The number of aliphatic hydroxyl groups excluding tert-OH is 3. The molecule has 0 aliphatic heterocycles. The Morgan fingerprint density at radius 3 is 1.78 bits per heavy atom. The summed E-state index contributed by atoms with van der Waals surface area (Å²) in [5, 5.41) is 41.1. The van der Waals surface area contributed by atoms with Gasteiger partial charge in [-0.05, 0) is 6.42 Å². The van der Waals surface area contributed by atoms with Crippen LogP contribution in [0, 0.1) is 5.92 Å². The summed E-state index contributed by atoms with van der Waals surface area (Å²) < 4.78 is 0. The number of aliphatic hydroxyl groups is 3. The van der Waals surface area contributed by atoms with Crippen molar-refractivity contribution in [2.45, 2.75) is 24.7 Å². The fraction of sp³-hybridized carbons (Fsp3) is 0.600. The third kappa shape index (κ3) is 5.73. The SMILES string of the molecule is N[C@H]1C=C[C@@H](CO)C1.O=C(O)[C@@H](O)[C@H](O)C(=O)O. The molecule has 0 saturated carbocycles. The van der Waals surface area contributed by atoms with Gasteiger partial charge >= 0.3 is 11.9 Å². The monoisotopic (exact) mass is 263 g/mol. The van der Waals surface area contributed by atoms with E-state index in [4.69, 9.17) is 31.3 Å². The first-order valence-electron chi connectivity index (χ1n) is 5.16. The second-order valence-corrected chi connectivity index (χ2v) is 3.79. The summed E-state index contributed by atoms with van der Waals surface area (Å²) in [6.07, 6.45) is 0.303. The molecule has 18 heavy (non-hydrogen) atoms. The number of hydrogen-bond donors (Lipinski definition) is 6. The molecule has 0 radical (unpaired) electrons. The molecule has 0 aromatic heterocycles. The van der Waals surface area contributed by atoms with Gasteiger partial charge in [0.05, 0.1) is 0 Å². The van der Waals surface area contributed by atoms with Crippen LogP contribution in [-0.4, -0.2) is 62.3 Å². The normalized spacial score (nSPS) is 24.9. The maximum Gasteiger partial charge on any atom is 0.335 e. The fourth-order valence-corrected chi connectivity index (χ4v) is 1.21. The molecule has 7 N–H and O–H groups in total. The summed E-state index contributed by atoms with van der Waals surface area (Å²) in [5.41, 5.74) is 5.50. The Kier molecular flexibility index (Phi) is 7.13. The first kappa shape index (κ1) is 16.5. The molecule has 0 fully saturated rings. The summed E-state index contributed by atoms with van der Waals surface area (Å²) in [6.45, 7) is 0.240. The van der Waals surface area contributed by atoms with Crippen LogP contribution in [0.3, 0.4) is 0 Å². The predicted molar refractivity (Wildman–Crippen MR) is 59.6 cm³/mol. The van der Waals surface area contributed by atoms with Crippen LogP contribution < -0.4 is 5.73 Å². The van der Waals surface area contributed by atoms with Crippen LogP contribution in [-0.2, 0) is 9.59 Å². The molecule has 8 nitrogen and oxygen atoms in total. The topological polar surface area (TPSA) is 161 Å². The van der Waals surface area contributed by atoms with Crippen molar-refractivity contribution in [2.75, 3.05) is 6.61 Å². The van der Waals surface area contributed by atoms with E-state index in [1.165, 1.54) is 0 Å². The molecule has 1 rings (SSSR count). The van der Waals surface area contributed by atoms with E-state index in [-0.39, 0.29) is 12.6 Å². The Labute approximate surface area is 103 Å². The molecule has 0 unspecified atom stereocenters. The van der Waals surface area contributed by atoms with Crippen LogP contribution in [0.1, 0.15) is 6.42 Å². The van der Waals surface area contributed by atoms with Gasteiger partial charge in [0.15, 0.2) is 12.2 Å². The molecule has 104 valence electrons. The van der Waals surface area contributed by atoms with Gasteiger partial charge in [0, 0.05) is 18.6 Å². The van der Waals surface area contributed by atoms with E-state index in [1.807, 2.05) is 12.2 Å². The van der Waals surface area contributed by atoms with Crippen LogP contribution in [0.25, 0.3) is 0 Å². The van der Waals surface area contributed by atoms with Crippen LogP contribution in [0.15, 0.2) is 12.2 Å². The quantitative estimate of drug-likeness (QED) is 0.310. The lowest BCUT2D eigenvalue weighted by Gasteiger charge is -2.07. The minimum absolute atomic E-state index is 0.187. The zero-order valence-corrected chi connectivity index (χ0v) is 9.51. The third-order valence-corrected chi connectivity index (χ3v) is 2.24. The van der Waals surface area contributed by atoms with Crippen LogP contribution >= 0.6 is 0 Å². The minimum Gasteiger partial charge on any atom is -0.479 e. The van der Waals surface area contributed by atoms with Gasteiger partial charge < -0.3 is 31.3 Å². The zero-order chi connectivity index (χ0) is 14.3. The first-order valence-corrected chi connectivity index (χ1v) is 5.16. The lowest BCUT2D eigenvalue weighted by atomic mass is 10.1. The first-order chi connectivity index (χ1) is 8.29. The summed E-state index contributed by atoms with van der Waals surface area (Å²) in [7, 11) is 0. The van der Waals surface area contributed by atoms with Crippen molar-refractivity contribution in [3.63, 3.8) is 0 Å². The molecule has 0 spiro atoms. The number of aliphatic carboxylic acids is 2. The summed E-state index contributed by atoms with van der Waals surface area (Å²) >= 11 is 0. The summed E-state index contributed by atoms with van der Waals surface area (Å²) in [6, 6.07) is 0.187. The number of rotatable bonds is 4. The zero-order valence-electron chi connectivity index (χ0n) is 9.51. The Morgan fingerprint density at radius 1 is 1.17 bits per heavy atom. The number of hydrogen-bond acceptors (Lipinski definition) is 6. The summed E-state index contributed by atoms with van der Waals surface area (Å²) in [4.78, 5) is 19.5. The van der Waals surface area contributed by atoms with Crippen molar-refractivity contribution in [1.82, 2.24) is 0 Å². The highest BCUT2D eigenvalue weighted by molar-refractivity contribution is 5.83. The van der Waals surface area contributed by atoms with E-state index in [0.717, 1.165) is 6.42 Å². The van der Waals surface area contributed by atoms with Crippen molar-refractivity contribution < 1.29 is 35.1 Å². The highest BCUT2D eigenvalue weighted by Gasteiger charge is 2.29. The standard InChI is InChI=1S/C6H11NO.C4H6O6/c7-6-2-1-5(3-6)4-8;5-1(3(7)8)2(6)4(9)10/h1-2,5-6,8H,3-4,7H2;1-2,5-6H,(H,7,8)(H,9,10)/t5-,6+;1-,2-/m10/s1. The van der Waals surface area contributed by atoms with Crippen molar-refractivity contribution in [1.29, 1.82) is 0 Å². The van der Waals surface area contributed by atoms with Gasteiger partial charge in [-0.1, -0.05) is 12.2 Å². The van der Waals surface area contributed by atoms with Crippen molar-refractivity contribution in [2.24, 2.45) is 11.7 Å². The van der Waals surface area contributed by atoms with Crippen LogP contribution in [0.2, 0.25) is 0 Å². The molecule has 0 heterocycles. The van der Waals surface area contributed by atoms with Crippen LogP contribution in [0.4, 0.5) is 0 Å². The molecular weight excluding hydrogens is 246 g/mol. The van der Waals surface area contributed by atoms with E-state index in [1.54, 1.807) is 0 Å². The van der Waals surface area contributed by atoms with E-state index in [2.05, 4.69) is 0 Å². The lowest BCUT2D eigenvalue weighted by Crippen LogP contribution is -2.39. The molecule has 1 aliphatic rings. The third-order valence-electron chi connectivity index (χ3n) is 2.24. The van der Waals surface area contributed by atoms with Crippen LogP contribution in [0.5, 0.6) is 0 Å². The Hall–Kier alpha value is -1.48. The van der Waals surface area contributed by atoms with Crippen molar-refractivity contribution in [3.05, 3.63) is 12.2 Å². The highest BCUT2D eigenvalue weighted by Crippen LogP contribution is 2.14. The fourth-order valence-electron chi connectivity index (χ4n) is 1.21. The maximum atomic E-state index is 9.77. The Balaban J connectivity index is 0.000000327. The largest absolute Gasteiger partial charge is 0.479 e.